The van der Waals surface area contributed by atoms with Gasteiger partial charge in [-0.1, -0.05) is 35.6 Å². The Balaban J connectivity index is 1.23. The SMILES string of the molecule is CNc1ncc(C#Cc2ccc(CN3CC(OC)C3)c(OCCOc3cccc(Cl)n3)c2)c2cc(NC(=O)C3CC3)ncc12. The number of carbonyl (C=O) groups is 1. The highest BCUT2D eigenvalue weighted by atomic mass is 35.5. The number of amides is 1. The van der Waals surface area contributed by atoms with Crippen molar-refractivity contribution in [3.63, 3.8) is 0 Å². The first kappa shape index (κ1) is 29.6. The molecule has 1 aliphatic carbocycles. The molecule has 0 radical (unpaired) electrons. The highest BCUT2D eigenvalue weighted by Crippen LogP contribution is 2.31. The number of benzene rings is 1. The quantitative estimate of drug-likeness (QED) is 0.141. The Bertz CT molecular complexity index is 1730. The maximum absolute atomic E-state index is 12.3. The van der Waals surface area contributed by atoms with Crippen molar-refractivity contribution in [2.45, 2.75) is 25.5 Å². The van der Waals surface area contributed by atoms with Crippen molar-refractivity contribution >= 4 is 39.9 Å². The van der Waals surface area contributed by atoms with Crippen molar-refractivity contribution in [1.82, 2.24) is 19.9 Å². The van der Waals surface area contributed by atoms with E-state index in [1.54, 1.807) is 37.7 Å². The molecule has 6 rings (SSSR count). The number of hydrogen-bond donors (Lipinski definition) is 2. The number of anilines is 2. The number of pyridine rings is 3. The summed E-state index contributed by atoms with van der Waals surface area (Å²) < 4.78 is 17.4. The number of nitrogens with zero attached hydrogens (tertiary/aromatic N) is 4. The largest absolute Gasteiger partial charge is 0.490 e. The van der Waals surface area contributed by atoms with Gasteiger partial charge >= 0.3 is 0 Å². The van der Waals surface area contributed by atoms with Crippen LogP contribution in [0, 0.1) is 17.8 Å². The van der Waals surface area contributed by atoms with Gasteiger partial charge in [-0.3, -0.25) is 9.69 Å². The molecule has 10 nitrogen and oxygen atoms in total. The van der Waals surface area contributed by atoms with Crippen LogP contribution < -0.4 is 20.1 Å². The van der Waals surface area contributed by atoms with Crippen molar-refractivity contribution in [1.29, 1.82) is 0 Å². The van der Waals surface area contributed by atoms with Gasteiger partial charge in [-0.2, -0.15) is 0 Å². The predicted octanol–water partition coefficient (Wildman–Crippen LogP) is 4.76. The molecule has 11 heteroatoms. The Labute approximate surface area is 261 Å². The van der Waals surface area contributed by atoms with Gasteiger partial charge in [0.1, 0.15) is 35.8 Å². The number of likely N-dealkylation sites (tertiary alicyclic amines) is 1. The van der Waals surface area contributed by atoms with E-state index in [1.165, 1.54) is 0 Å². The second kappa shape index (κ2) is 13.5. The van der Waals surface area contributed by atoms with Crippen LogP contribution in [0.3, 0.4) is 0 Å². The molecule has 0 bridgehead atoms. The molecule has 4 heterocycles. The third kappa shape index (κ3) is 7.19. The first-order valence-corrected chi connectivity index (χ1v) is 14.9. The standard InChI is InChI=1S/C33H33ClN6O4/c1-35-32-27-17-36-30(39-33(41)22-10-11-22)15-26(27)23(16-37-32)8-6-21-7-9-24(18-40-19-25(20-40)42-2)28(14-21)43-12-13-44-31-5-3-4-29(34)38-31/h3-5,7,9,14-17,22,25H,10-13,18-20H2,1-2H3,(H,35,37)(H,36,39,41). The number of carbonyl (C=O) groups excluding carboxylic acids is 1. The lowest BCUT2D eigenvalue weighted by Crippen LogP contribution is -2.50. The summed E-state index contributed by atoms with van der Waals surface area (Å²) in [6, 6.07) is 13.1. The zero-order chi connectivity index (χ0) is 30.5. The van der Waals surface area contributed by atoms with Crippen LogP contribution in [0.4, 0.5) is 11.6 Å². The second-order valence-corrected chi connectivity index (χ2v) is 11.2. The molecular formula is C33H33ClN6O4. The molecule has 2 aliphatic rings. The van der Waals surface area contributed by atoms with E-state index >= 15 is 0 Å². The average Bonchev–Trinajstić information content (AvgIpc) is 3.86. The summed E-state index contributed by atoms with van der Waals surface area (Å²) in [5, 5.41) is 8.08. The maximum Gasteiger partial charge on any atom is 0.228 e. The number of rotatable bonds is 11. The molecule has 1 saturated carbocycles. The minimum absolute atomic E-state index is 0.00481. The lowest BCUT2D eigenvalue weighted by Gasteiger charge is -2.38. The molecule has 2 fully saturated rings. The van der Waals surface area contributed by atoms with Crippen molar-refractivity contribution < 1.29 is 19.0 Å². The number of hydrogen-bond acceptors (Lipinski definition) is 9. The minimum Gasteiger partial charge on any atom is -0.490 e. The summed E-state index contributed by atoms with van der Waals surface area (Å²) in [6.07, 6.45) is 5.56. The number of halogens is 1. The highest BCUT2D eigenvalue weighted by molar-refractivity contribution is 6.29. The first-order valence-electron chi connectivity index (χ1n) is 14.5. The van der Waals surface area contributed by atoms with Gasteiger partial charge in [-0.25, -0.2) is 15.0 Å². The molecule has 1 amide bonds. The fraction of sp³-hybridized carbons (Fsp3) is 0.333. The van der Waals surface area contributed by atoms with E-state index in [0.29, 0.717) is 35.9 Å². The highest BCUT2D eigenvalue weighted by Gasteiger charge is 2.30. The molecular weight excluding hydrogens is 580 g/mol. The van der Waals surface area contributed by atoms with Gasteiger partial charge in [-0.05, 0) is 37.1 Å². The van der Waals surface area contributed by atoms with E-state index in [2.05, 4.69) is 48.4 Å². The second-order valence-electron chi connectivity index (χ2n) is 10.8. The summed E-state index contributed by atoms with van der Waals surface area (Å²) >= 11 is 5.97. The third-order valence-corrected chi connectivity index (χ3v) is 7.76. The molecule has 4 aromatic rings. The molecule has 44 heavy (non-hydrogen) atoms. The van der Waals surface area contributed by atoms with Gasteiger partial charge in [0, 0.05) is 80.1 Å². The molecule has 3 aromatic heterocycles. The fourth-order valence-corrected chi connectivity index (χ4v) is 5.08. The van der Waals surface area contributed by atoms with Crippen LogP contribution >= 0.6 is 11.6 Å². The van der Waals surface area contributed by atoms with E-state index in [9.17, 15) is 4.79 Å². The predicted molar refractivity (Wildman–Crippen MR) is 169 cm³/mol. The van der Waals surface area contributed by atoms with Crippen molar-refractivity contribution in [3.05, 3.63) is 76.7 Å². The maximum atomic E-state index is 12.3. The fourth-order valence-electron chi connectivity index (χ4n) is 4.92. The molecule has 1 aliphatic heterocycles. The van der Waals surface area contributed by atoms with Crippen molar-refractivity contribution in [2.75, 3.05) is 51.1 Å². The normalized spacial score (nSPS) is 14.8. The van der Waals surface area contributed by atoms with Crippen LogP contribution in [0.1, 0.15) is 29.5 Å². The van der Waals surface area contributed by atoms with Gasteiger partial charge in [0.05, 0.1) is 11.7 Å². The zero-order valence-corrected chi connectivity index (χ0v) is 25.4. The summed E-state index contributed by atoms with van der Waals surface area (Å²) in [5.41, 5.74) is 2.57. The topological polar surface area (TPSA) is 111 Å². The Kier molecular flexibility index (Phi) is 9.07. The van der Waals surface area contributed by atoms with E-state index in [4.69, 9.17) is 25.8 Å². The van der Waals surface area contributed by atoms with Gasteiger partial charge in [0.25, 0.3) is 0 Å². The molecule has 0 spiro atoms. The molecule has 0 unspecified atom stereocenters. The Hall–Kier alpha value is -4.43. The summed E-state index contributed by atoms with van der Waals surface area (Å²) in [5.74, 6) is 9.02. The molecule has 1 aromatic carbocycles. The molecule has 226 valence electrons. The smallest absolute Gasteiger partial charge is 0.228 e. The van der Waals surface area contributed by atoms with Crippen LogP contribution in [-0.2, 0) is 16.1 Å². The molecule has 0 atom stereocenters. The van der Waals surface area contributed by atoms with Crippen LogP contribution in [-0.4, -0.2) is 72.3 Å². The number of aromatic nitrogens is 3. The lowest BCUT2D eigenvalue weighted by molar-refractivity contribution is -0.117. The monoisotopic (exact) mass is 612 g/mol. The third-order valence-electron chi connectivity index (χ3n) is 7.55. The van der Waals surface area contributed by atoms with Crippen molar-refractivity contribution in [2.24, 2.45) is 5.92 Å². The van der Waals surface area contributed by atoms with Gasteiger partial charge in [0.15, 0.2) is 0 Å². The number of ether oxygens (including phenoxy) is 3. The lowest BCUT2D eigenvalue weighted by atomic mass is 10.1. The van der Waals surface area contributed by atoms with Gasteiger partial charge < -0.3 is 24.8 Å². The van der Waals surface area contributed by atoms with E-state index in [1.807, 2.05) is 25.2 Å². The summed E-state index contributed by atoms with van der Waals surface area (Å²) in [6.45, 7) is 3.12. The number of fused-ring (bicyclic) bond motifs is 1. The molecule has 1 saturated heterocycles. The van der Waals surface area contributed by atoms with Crippen LogP contribution in [0.15, 0.2) is 54.9 Å². The Morgan fingerprint density at radius 2 is 1.89 bits per heavy atom. The molecule has 2 N–H and O–H groups in total. The van der Waals surface area contributed by atoms with E-state index in [0.717, 1.165) is 65.7 Å². The Morgan fingerprint density at radius 3 is 2.66 bits per heavy atom. The van der Waals surface area contributed by atoms with E-state index < -0.39 is 0 Å². The zero-order valence-electron chi connectivity index (χ0n) is 24.6. The first-order chi connectivity index (χ1) is 21.5. The van der Waals surface area contributed by atoms with Crippen LogP contribution in [0.25, 0.3) is 10.8 Å². The summed E-state index contributed by atoms with van der Waals surface area (Å²) in [7, 11) is 3.55. The van der Waals surface area contributed by atoms with Crippen LogP contribution in [0.2, 0.25) is 5.15 Å². The van der Waals surface area contributed by atoms with Gasteiger partial charge in [-0.15, -0.1) is 0 Å². The van der Waals surface area contributed by atoms with E-state index in [-0.39, 0.29) is 17.9 Å². The summed E-state index contributed by atoms with van der Waals surface area (Å²) in [4.78, 5) is 27.8. The number of nitrogens with one attached hydrogen (secondary N) is 2. The Morgan fingerprint density at radius 1 is 1.05 bits per heavy atom. The minimum atomic E-state index is 0.00481. The average molecular weight is 613 g/mol. The number of methoxy groups -OCH3 is 1. The van der Waals surface area contributed by atoms with Crippen molar-refractivity contribution in [3.8, 4) is 23.5 Å². The van der Waals surface area contributed by atoms with Crippen LogP contribution in [0.5, 0.6) is 11.6 Å². The van der Waals surface area contributed by atoms with Gasteiger partial charge in [0.2, 0.25) is 11.8 Å².